The molecule has 1 aliphatic carbocycles. The first-order valence-electron chi connectivity index (χ1n) is 9.40. The van der Waals surface area contributed by atoms with E-state index in [9.17, 15) is 18.3 Å². The highest BCUT2D eigenvalue weighted by molar-refractivity contribution is 5.91. The Labute approximate surface area is 166 Å². The zero-order valence-electron chi connectivity index (χ0n) is 16.4. The minimum absolute atomic E-state index is 0.439. The van der Waals surface area contributed by atoms with Gasteiger partial charge in [-0.05, 0) is 42.0 Å². The Hall–Kier alpha value is -2.67. The molecule has 0 radical (unpaired) electrons. The van der Waals surface area contributed by atoms with E-state index in [2.05, 4.69) is 15.3 Å². The molecular formula is C22H22F3N3O. The molecule has 1 aromatic heterocycles. The van der Waals surface area contributed by atoms with Gasteiger partial charge in [-0.3, -0.25) is 0 Å². The maximum atomic E-state index is 14.2. The van der Waals surface area contributed by atoms with Crippen molar-refractivity contribution >= 4 is 16.6 Å². The van der Waals surface area contributed by atoms with Crippen LogP contribution >= 0.6 is 0 Å². The maximum absolute atomic E-state index is 14.2. The fourth-order valence-corrected chi connectivity index (χ4v) is 4.38. The molecule has 4 rings (SSSR count). The number of aromatic nitrogens is 2. The van der Waals surface area contributed by atoms with Gasteiger partial charge in [0.15, 0.2) is 5.60 Å². The predicted octanol–water partition coefficient (Wildman–Crippen LogP) is 5.07. The first kappa shape index (κ1) is 19.6. The van der Waals surface area contributed by atoms with Crippen LogP contribution in [0, 0.1) is 6.92 Å². The summed E-state index contributed by atoms with van der Waals surface area (Å²) in [6, 6.07) is 10.8. The average molecular weight is 401 g/mol. The molecule has 0 saturated carbocycles. The molecule has 3 aromatic rings. The largest absolute Gasteiger partial charge is 0.419 e. The normalized spacial score (nSPS) is 23.6. The van der Waals surface area contributed by atoms with Crippen LogP contribution in [0.3, 0.4) is 0 Å². The molecule has 2 atom stereocenters. The molecule has 0 bridgehead atoms. The number of aliphatic hydroxyl groups is 1. The van der Waals surface area contributed by atoms with Crippen molar-refractivity contribution in [2.75, 3.05) is 5.32 Å². The zero-order valence-corrected chi connectivity index (χ0v) is 16.4. The topological polar surface area (TPSA) is 58.0 Å². The average Bonchev–Trinajstić information content (AvgIpc) is 2.63. The lowest BCUT2D eigenvalue weighted by Gasteiger charge is -2.49. The number of rotatable bonds is 2. The molecule has 29 heavy (non-hydrogen) atoms. The second kappa shape index (κ2) is 6.42. The van der Waals surface area contributed by atoms with Gasteiger partial charge in [-0.25, -0.2) is 9.97 Å². The van der Waals surface area contributed by atoms with Gasteiger partial charge in [-0.1, -0.05) is 44.2 Å². The number of fused-ring (bicyclic) bond motifs is 2. The molecule has 0 saturated heterocycles. The standard InChI is InChI=1S/C22H22F3N3O/c1-13-26-11-15-17(27-13)9-6-10-18(15)28-19-14-7-4-5-8-16(14)20(2,3)12-21(19,29)22(23,24)25/h4-11,19,28-29H,12H2,1-3H3/t19-,21-/m1/s1. The van der Waals surface area contributed by atoms with Crippen molar-refractivity contribution in [3.63, 3.8) is 0 Å². The predicted molar refractivity (Wildman–Crippen MR) is 106 cm³/mol. The van der Waals surface area contributed by atoms with E-state index in [4.69, 9.17) is 0 Å². The number of hydrogen-bond donors (Lipinski definition) is 2. The van der Waals surface area contributed by atoms with E-state index < -0.39 is 29.7 Å². The Morgan fingerprint density at radius 1 is 1.10 bits per heavy atom. The monoisotopic (exact) mass is 401 g/mol. The Morgan fingerprint density at radius 2 is 1.83 bits per heavy atom. The van der Waals surface area contributed by atoms with Crippen molar-refractivity contribution in [1.82, 2.24) is 9.97 Å². The first-order chi connectivity index (χ1) is 13.5. The summed E-state index contributed by atoms with van der Waals surface area (Å²) in [6.45, 7) is 5.21. The second-order valence-corrected chi connectivity index (χ2v) is 8.30. The first-order valence-corrected chi connectivity index (χ1v) is 9.40. The molecule has 1 aliphatic rings. The number of nitrogens with zero attached hydrogens (tertiary/aromatic N) is 2. The summed E-state index contributed by atoms with van der Waals surface area (Å²) < 4.78 is 42.5. The van der Waals surface area contributed by atoms with Crippen molar-refractivity contribution in [3.05, 3.63) is 65.6 Å². The molecule has 4 nitrogen and oxygen atoms in total. The van der Waals surface area contributed by atoms with Crippen molar-refractivity contribution in [1.29, 1.82) is 0 Å². The highest BCUT2D eigenvalue weighted by Gasteiger charge is 2.63. The molecule has 0 unspecified atom stereocenters. The van der Waals surface area contributed by atoms with Gasteiger partial charge in [-0.2, -0.15) is 13.2 Å². The molecule has 7 heteroatoms. The summed E-state index contributed by atoms with van der Waals surface area (Å²) in [7, 11) is 0. The van der Waals surface area contributed by atoms with Crippen LogP contribution < -0.4 is 5.32 Å². The van der Waals surface area contributed by atoms with Crippen LogP contribution in [0.25, 0.3) is 10.9 Å². The quantitative estimate of drug-likeness (QED) is 0.630. The molecule has 0 aliphatic heterocycles. The summed E-state index contributed by atoms with van der Waals surface area (Å²) in [5.74, 6) is 0.575. The third-order valence-electron chi connectivity index (χ3n) is 5.73. The Balaban J connectivity index is 1.90. The molecule has 152 valence electrons. The summed E-state index contributed by atoms with van der Waals surface area (Å²) >= 11 is 0. The number of anilines is 1. The van der Waals surface area contributed by atoms with Crippen LogP contribution in [0.2, 0.25) is 0 Å². The molecule has 2 aromatic carbocycles. The van der Waals surface area contributed by atoms with E-state index in [-0.39, 0.29) is 0 Å². The number of aryl methyl sites for hydroxylation is 1. The highest BCUT2D eigenvalue weighted by atomic mass is 19.4. The van der Waals surface area contributed by atoms with E-state index in [0.29, 0.717) is 28.0 Å². The molecule has 0 spiro atoms. The maximum Gasteiger partial charge on any atom is 0.419 e. The second-order valence-electron chi connectivity index (χ2n) is 8.30. The lowest BCUT2D eigenvalue weighted by Crippen LogP contribution is -2.58. The van der Waals surface area contributed by atoms with Gasteiger partial charge in [0.1, 0.15) is 5.82 Å². The fraction of sp³-hybridized carbons (Fsp3) is 0.364. The van der Waals surface area contributed by atoms with Crippen LogP contribution in [0.1, 0.15) is 43.3 Å². The fourth-order valence-electron chi connectivity index (χ4n) is 4.38. The van der Waals surface area contributed by atoms with Crippen molar-refractivity contribution in [3.8, 4) is 0 Å². The van der Waals surface area contributed by atoms with E-state index in [1.54, 1.807) is 57.3 Å². The SMILES string of the molecule is Cc1ncc2c(N[C@@H]3c4ccccc4C(C)(C)C[C@]3(O)C(F)(F)F)cccc2n1. The summed E-state index contributed by atoms with van der Waals surface area (Å²) in [4.78, 5) is 8.52. The van der Waals surface area contributed by atoms with Gasteiger partial charge in [0, 0.05) is 17.3 Å². The minimum atomic E-state index is -4.81. The highest BCUT2D eigenvalue weighted by Crippen LogP contribution is 2.54. The van der Waals surface area contributed by atoms with Crippen LogP contribution in [0.5, 0.6) is 0 Å². The van der Waals surface area contributed by atoms with Crippen molar-refractivity contribution < 1.29 is 18.3 Å². The van der Waals surface area contributed by atoms with Crippen LogP contribution in [-0.4, -0.2) is 26.9 Å². The number of hydrogen-bond acceptors (Lipinski definition) is 4. The number of halogens is 3. The Bertz CT molecular complexity index is 1080. The van der Waals surface area contributed by atoms with Gasteiger partial charge >= 0.3 is 6.18 Å². The van der Waals surface area contributed by atoms with Crippen molar-refractivity contribution in [2.45, 2.75) is 50.4 Å². The van der Waals surface area contributed by atoms with Crippen LogP contribution in [-0.2, 0) is 5.41 Å². The van der Waals surface area contributed by atoms with Crippen molar-refractivity contribution in [2.24, 2.45) is 0 Å². The third-order valence-corrected chi connectivity index (χ3v) is 5.73. The van der Waals surface area contributed by atoms with Gasteiger partial charge in [0.2, 0.25) is 0 Å². The van der Waals surface area contributed by atoms with E-state index in [1.807, 2.05) is 12.1 Å². The zero-order chi connectivity index (χ0) is 21.0. The minimum Gasteiger partial charge on any atom is -0.379 e. The lowest BCUT2D eigenvalue weighted by atomic mass is 9.63. The molecule has 0 amide bonds. The molecule has 2 N–H and O–H groups in total. The summed E-state index contributed by atoms with van der Waals surface area (Å²) in [6.07, 6.45) is -3.67. The molecule has 0 fully saturated rings. The van der Waals surface area contributed by atoms with Gasteiger partial charge in [0.05, 0.1) is 11.6 Å². The van der Waals surface area contributed by atoms with E-state index in [0.717, 1.165) is 5.56 Å². The number of benzene rings is 2. The Morgan fingerprint density at radius 3 is 2.55 bits per heavy atom. The molecular weight excluding hydrogens is 379 g/mol. The Kier molecular flexibility index (Phi) is 4.35. The van der Waals surface area contributed by atoms with Crippen LogP contribution in [0.4, 0.5) is 18.9 Å². The number of alkyl halides is 3. The molecule has 1 heterocycles. The van der Waals surface area contributed by atoms with Gasteiger partial charge in [-0.15, -0.1) is 0 Å². The smallest absolute Gasteiger partial charge is 0.379 e. The summed E-state index contributed by atoms with van der Waals surface area (Å²) in [5, 5.41) is 14.6. The third kappa shape index (κ3) is 3.13. The number of nitrogens with one attached hydrogen (secondary N) is 1. The lowest BCUT2D eigenvalue weighted by molar-refractivity contribution is -0.275. The van der Waals surface area contributed by atoms with E-state index in [1.165, 1.54) is 0 Å². The van der Waals surface area contributed by atoms with E-state index >= 15 is 0 Å². The van der Waals surface area contributed by atoms with Crippen LogP contribution in [0.15, 0.2) is 48.7 Å². The summed E-state index contributed by atoms with van der Waals surface area (Å²) in [5.41, 5.74) is -1.46. The van der Waals surface area contributed by atoms with Gasteiger partial charge < -0.3 is 10.4 Å². The van der Waals surface area contributed by atoms with Gasteiger partial charge in [0.25, 0.3) is 0 Å².